The highest BCUT2D eigenvalue weighted by atomic mass is 19.4. The zero-order chi connectivity index (χ0) is 21.0. The molecule has 3 rings (SSSR count). The molecule has 1 aromatic carbocycles. The van der Waals surface area contributed by atoms with E-state index in [1.165, 1.54) is 30.5 Å². The third-order valence-corrected chi connectivity index (χ3v) is 4.47. The molecule has 0 saturated heterocycles. The van der Waals surface area contributed by atoms with Crippen molar-refractivity contribution in [1.29, 1.82) is 0 Å². The second-order valence-electron chi connectivity index (χ2n) is 6.37. The van der Waals surface area contributed by atoms with Crippen molar-refractivity contribution in [2.45, 2.75) is 25.6 Å². The van der Waals surface area contributed by atoms with E-state index in [0.717, 1.165) is 17.7 Å². The number of pyridine rings is 2. The van der Waals surface area contributed by atoms with Crippen LogP contribution in [-0.4, -0.2) is 15.9 Å². The molecule has 5 nitrogen and oxygen atoms in total. The average Bonchev–Trinajstić information content (AvgIpc) is 2.72. The number of nitrogens with one attached hydrogen (secondary N) is 2. The Kier molecular flexibility index (Phi) is 5.81. The number of amides is 1. The smallest absolute Gasteiger partial charge is 0.339 e. The number of carbonyl (C=O) groups is 1. The second-order valence-corrected chi connectivity index (χ2v) is 6.37. The van der Waals surface area contributed by atoms with E-state index in [9.17, 15) is 22.8 Å². The Bertz CT molecular complexity index is 1040. The lowest BCUT2D eigenvalue weighted by molar-refractivity contribution is -0.137. The molecule has 0 bridgehead atoms. The Balaban J connectivity index is 2.01. The van der Waals surface area contributed by atoms with Crippen molar-refractivity contribution in [1.82, 2.24) is 15.3 Å². The lowest BCUT2D eigenvalue weighted by Crippen LogP contribution is -2.31. The van der Waals surface area contributed by atoms with Crippen LogP contribution in [0.4, 0.5) is 13.2 Å². The van der Waals surface area contributed by atoms with Gasteiger partial charge in [0.25, 0.3) is 5.91 Å². The fourth-order valence-corrected chi connectivity index (χ4v) is 2.95. The molecule has 0 aliphatic heterocycles. The van der Waals surface area contributed by atoms with E-state index in [1.54, 1.807) is 12.3 Å². The molecule has 0 radical (unpaired) electrons. The Morgan fingerprint density at radius 3 is 2.45 bits per heavy atom. The number of benzene rings is 1. The molecule has 0 aliphatic rings. The minimum absolute atomic E-state index is 0.218. The van der Waals surface area contributed by atoms with Gasteiger partial charge in [0.2, 0.25) is 5.56 Å². The second kappa shape index (κ2) is 8.30. The van der Waals surface area contributed by atoms with Gasteiger partial charge in [0.15, 0.2) is 0 Å². The summed E-state index contributed by atoms with van der Waals surface area (Å²) in [5.41, 5.74) is 0.967. The molecular weight excluding hydrogens is 383 g/mol. The molecule has 0 aliphatic carbocycles. The van der Waals surface area contributed by atoms with Crippen LogP contribution in [0.2, 0.25) is 0 Å². The highest BCUT2D eigenvalue weighted by Crippen LogP contribution is 2.31. The average molecular weight is 401 g/mol. The number of hydrogen-bond donors (Lipinski definition) is 2. The Morgan fingerprint density at radius 2 is 1.86 bits per heavy atom. The molecule has 150 valence electrons. The van der Waals surface area contributed by atoms with E-state index in [-0.39, 0.29) is 11.1 Å². The quantitative estimate of drug-likeness (QED) is 0.682. The zero-order valence-electron chi connectivity index (χ0n) is 15.5. The van der Waals surface area contributed by atoms with Crippen LogP contribution >= 0.6 is 0 Å². The van der Waals surface area contributed by atoms with Gasteiger partial charge >= 0.3 is 6.18 Å². The molecule has 2 heterocycles. The van der Waals surface area contributed by atoms with Gasteiger partial charge in [0, 0.05) is 18.5 Å². The van der Waals surface area contributed by atoms with Crippen molar-refractivity contribution >= 4 is 5.91 Å². The summed E-state index contributed by atoms with van der Waals surface area (Å²) >= 11 is 0. The minimum Gasteiger partial charge on any atom is -0.339 e. The van der Waals surface area contributed by atoms with E-state index in [1.807, 2.05) is 13.0 Å². The number of H-pyrrole nitrogens is 1. The van der Waals surface area contributed by atoms with E-state index >= 15 is 0 Å². The van der Waals surface area contributed by atoms with Crippen molar-refractivity contribution in [3.05, 3.63) is 99.2 Å². The van der Waals surface area contributed by atoms with Crippen molar-refractivity contribution in [2.24, 2.45) is 0 Å². The maximum absolute atomic E-state index is 12.9. The largest absolute Gasteiger partial charge is 0.416 e. The van der Waals surface area contributed by atoms with E-state index < -0.39 is 23.7 Å². The lowest BCUT2D eigenvalue weighted by Gasteiger charge is -2.22. The lowest BCUT2D eigenvalue weighted by atomic mass is 9.96. The van der Waals surface area contributed by atoms with Gasteiger partial charge < -0.3 is 10.3 Å². The van der Waals surface area contributed by atoms with E-state index in [2.05, 4.69) is 15.3 Å². The van der Waals surface area contributed by atoms with Gasteiger partial charge in [-0.05, 0) is 41.8 Å². The summed E-state index contributed by atoms with van der Waals surface area (Å²) in [5.74, 6) is -0.487. The minimum atomic E-state index is -4.45. The molecular formula is C21H18F3N3O2. The highest BCUT2D eigenvalue weighted by Gasteiger charge is 2.31. The third kappa shape index (κ3) is 4.71. The first-order chi connectivity index (χ1) is 13.8. The van der Waals surface area contributed by atoms with Crippen LogP contribution in [0.1, 0.15) is 45.7 Å². The zero-order valence-corrected chi connectivity index (χ0v) is 15.5. The van der Waals surface area contributed by atoms with Crippen LogP contribution in [0.25, 0.3) is 0 Å². The van der Waals surface area contributed by atoms with Gasteiger partial charge in [0.1, 0.15) is 0 Å². The fourth-order valence-electron chi connectivity index (χ4n) is 2.95. The summed E-state index contributed by atoms with van der Waals surface area (Å²) < 4.78 is 38.7. The van der Waals surface area contributed by atoms with E-state index in [4.69, 9.17) is 0 Å². The summed E-state index contributed by atoms with van der Waals surface area (Å²) in [6.07, 6.45) is -0.972. The number of carbonyl (C=O) groups excluding carboxylic acids is 1. The summed E-state index contributed by atoms with van der Waals surface area (Å²) in [4.78, 5) is 30.7. The summed E-state index contributed by atoms with van der Waals surface area (Å²) in [6, 6.07) is 10.1. The van der Waals surface area contributed by atoms with Gasteiger partial charge in [-0.15, -0.1) is 0 Å². The third-order valence-electron chi connectivity index (χ3n) is 4.47. The van der Waals surface area contributed by atoms with Crippen LogP contribution in [0.15, 0.2) is 65.7 Å². The van der Waals surface area contributed by atoms with Crippen LogP contribution in [-0.2, 0) is 12.6 Å². The van der Waals surface area contributed by atoms with Crippen LogP contribution < -0.4 is 10.9 Å². The van der Waals surface area contributed by atoms with Crippen LogP contribution in [0, 0.1) is 0 Å². The topological polar surface area (TPSA) is 74.8 Å². The van der Waals surface area contributed by atoms with Crippen molar-refractivity contribution in [3.63, 3.8) is 0 Å². The van der Waals surface area contributed by atoms with Crippen molar-refractivity contribution in [3.8, 4) is 0 Å². The molecule has 3 aromatic rings. The Hall–Kier alpha value is -3.42. The normalized spacial score (nSPS) is 12.4. The SMILES string of the molecule is CCc1cccnc1C(NC(=O)c1ccc(=O)[nH]c1)c1ccc(C(F)(F)F)cc1. The summed E-state index contributed by atoms with van der Waals surface area (Å²) in [6.45, 7) is 1.92. The van der Waals surface area contributed by atoms with Gasteiger partial charge in [-0.3, -0.25) is 14.6 Å². The van der Waals surface area contributed by atoms with Gasteiger partial charge in [-0.2, -0.15) is 13.2 Å². The first kappa shape index (κ1) is 20.3. The van der Waals surface area contributed by atoms with Crippen LogP contribution in [0.5, 0.6) is 0 Å². The Labute approximate surface area is 164 Å². The molecule has 1 amide bonds. The predicted octanol–water partition coefficient (Wildman–Crippen LogP) is 3.87. The number of rotatable bonds is 5. The molecule has 0 saturated carbocycles. The predicted molar refractivity (Wildman–Crippen MR) is 101 cm³/mol. The number of alkyl halides is 3. The highest BCUT2D eigenvalue weighted by molar-refractivity contribution is 5.94. The molecule has 1 atom stereocenters. The molecule has 1 unspecified atom stereocenters. The van der Waals surface area contributed by atoms with Gasteiger partial charge in [0.05, 0.1) is 22.9 Å². The number of nitrogens with zero attached hydrogens (tertiary/aromatic N) is 1. The van der Waals surface area contributed by atoms with Crippen LogP contribution in [0.3, 0.4) is 0 Å². The molecule has 0 spiro atoms. The van der Waals surface area contributed by atoms with Crippen molar-refractivity contribution < 1.29 is 18.0 Å². The molecule has 2 N–H and O–H groups in total. The number of halogens is 3. The number of hydrogen-bond acceptors (Lipinski definition) is 3. The molecule has 8 heteroatoms. The number of aryl methyl sites for hydroxylation is 1. The maximum atomic E-state index is 12.9. The first-order valence-electron chi connectivity index (χ1n) is 8.90. The van der Waals surface area contributed by atoms with E-state index in [0.29, 0.717) is 17.7 Å². The number of aromatic nitrogens is 2. The number of aromatic amines is 1. The Morgan fingerprint density at radius 1 is 1.14 bits per heavy atom. The standard InChI is InChI=1S/C21H18F3N3O2/c1-2-13-4-3-11-25-18(13)19(14-5-8-16(9-6-14)21(22,23)24)27-20(29)15-7-10-17(28)26-12-15/h3-12,19H,2H2,1H3,(H,26,28)(H,27,29). The summed E-state index contributed by atoms with van der Waals surface area (Å²) in [5, 5.41) is 2.81. The first-order valence-corrected chi connectivity index (χ1v) is 8.90. The van der Waals surface area contributed by atoms with Gasteiger partial charge in [-0.25, -0.2) is 0 Å². The maximum Gasteiger partial charge on any atom is 0.416 e. The molecule has 0 fully saturated rings. The fraction of sp³-hybridized carbons (Fsp3) is 0.190. The van der Waals surface area contributed by atoms with Gasteiger partial charge in [-0.1, -0.05) is 25.1 Å². The molecule has 2 aromatic heterocycles. The molecule has 29 heavy (non-hydrogen) atoms. The van der Waals surface area contributed by atoms with Crippen molar-refractivity contribution in [2.75, 3.05) is 0 Å². The monoisotopic (exact) mass is 401 g/mol. The summed E-state index contributed by atoms with van der Waals surface area (Å²) in [7, 11) is 0.